The Hall–Kier alpha value is -8.42. The summed E-state index contributed by atoms with van der Waals surface area (Å²) in [6.07, 6.45) is 3.07. The predicted molar refractivity (Wildman–Crippen MR) is 299 cm³/mol. The van der Waals surface area contributed by atoms with Crippen LogP contribution in [0.15, 0.2) is 121 Å². The number of fused-ring (bicyclic) bond motifs is 3. The third kappa shape index (κ3) is 18.0. The number of rotatable bonds is 8. The van der Waals surface area contributed by atoms with Crippen LogP contribution in [-0.4, -0.2) is 86.4 Å². The van der Waals surface area contributed by atoms with E-state index < -0.39 is 16.1 Å². The molecule has 0 radical (unpaired) electrons. The number of carbonyl (C=O) groups excluding carboxylic acids is 1. The summed E-state index contributed by atoms with van der Waals surface area (Å²) in [7, 11) is 4.63. The van der Waals surface area contributed by atoms with Gasteiger partial charge in [0.05, 0.1) is 40.5 Å². The molecule has 0 amide bonds. The quantitative estimate of drug-likeness (QED) is 0.0852. The van der Waals surface area contributed by atoms with Crippen molar-refractivity contribution < 1.29 is 51.6 Å². The van der Waals surface area contributed by atoms with Gasteiger partial charge in [-0.3, -0.25) is 50.9 Å². The molecule has 0 aliphatic carbocycles. The number of aliphatic hydroxyl groups excluding tert-OH is 1. The van der Waals surface area contributed by atoms with Gasteiger partial charge in [-0.1, -0.05) is 52.3 Å². The fourth-order valence-corrected chi connectivity index (χ4v) is 8.66. The molecule has 3 aliphatic heterocycles. The largest absolute Gasteiger partial charge is 2.00 e. The smallest absolute Gasteiger partial charge is 0.512 e. The van der Waals surface area contributed by atoms with Crippen LogP contribution >= 0.6 is 15.9 Å². The first-order valence-electron chi connectivity index (χ1n) is 23.6. The Bertz CT molecular complexity index is 3980. The first-order valence-corrected chi connectivity index (χ1v) is 25.8. The molecule has 0 spiro atoms. The van der Waals surface area contributed by atoms with E-state index >= 15 is 0 Å². The van der Waals surface area contributed by atoms with Crippen molar-refractivity contribution in [3.05, 3.63) is 197 Å². The first kappa shape index (κ1) is 68.7. The molecule has 25 nitrogen and oxygen atoms in total. The van der Waals surface area contributed by atoms with Crippen molar-refractivity contribution in [3.8, 4) is 6.07 Å². The normalized spacial score (nSPS) is 11.8. The molecule has 6 heterocycles. The van der Waals surface area contributed by atoms with E-state index in [-0.39, 0.29) is 60.1 Å². The van der Waals surface area contributed by atoms with Gasteiger partial charge in [0.2, 0.25) is 0 Å². The van der Waals surface area contributed by atoms with Gasteiger partial charge in [0.15, 0.2) is 0 Å². The van der Waals surface area contributed by atoms with E-state index in [1.54, 1.807) is 59.3 Å². The zero-order chi connectivity index (χ0) is 60.3. The second-order valence-corrected chi connectivity index (χ2v) is 19.1. The number of benzene rings is 3. The molecule has 3 N–H and O–H groups in total. The number of aliphatic hydroxyl groups is 1. The van der Waals surface area contributed by atoms with Crippen molar-refractivity contribution in [2.45, 2.75) is 52.4 Å². The summed E-state index contributed by atoms with van der Waals surface area (Å²) in [6.45, 7) is 13.5. The fraction of sp³-hybridized carbons (Fsp3) is 0.302. The number of hydrogen-bond acceptors (Lipinski definition) is 17. The molecule has 0 unspecified atom stereocenters. The Morgan fingerprint density at radius 2 is 0.926 bits per heavy atom. The van der Waals surface area contributed by atoms with Crippen LogP contribution in [0.3, 0.4) is 0 Å². The number of aliphatic imine (C=N–C) groups is 3. The van der Waals surface area contributed by atoms with Crippen LogP contribution in [0.4, 0.5) is 17.5 Å². The van der Waals surface area contributed by atoms with E-state index in [9.17, 15) is 33.6 Å². The van der Waals surface area contributed by atoms with Crippen molar-refractivity contribution in [3.63, 3.8) is 0 Å². The number of aromatic nitrogens is 6. The number of halogens is 1. The summed E-state index contributed by atoms with van der Waals surface area (Å²) in [5.41, 5.74) is 6.31. The van der Waals surface area contributed by atoms with Crippen LogP contribution in [0.2, 0.25) is 0 Å². The van der Waals surface area contributed by atoms with E-state index in [4.69, 9.17) is 56.3 Å². The molecule has 6 aromatic rings. The monoisotopic (exact) mass is 1240 g/mol. The van der Waals surface area contributed by atoms with E-state index in [1.807, 2.05) is 48.5 Å². The molecular weight excluding hydrogens is 1190 g/mol. The third-order valence-corrected chi connectivity index (χ3v) is 12.2. The van der Waals surface area contributed by atoms with Gasteiger partial charge >= 0.3 is 52.9 Å². The second kappa shape index (κ2) is 31.4. The average molecular weight is 1250 g/mol. The Morgan fingerprint density at radius 1 is 0.605 bits per heavy atom. The van der Waals surface area contributed by atoms with E-state index in [2.05, 4.69) is 37.0 Å². The number of nitriles is 1. The number of carbonyl (C=O) groups is 1. The molecule has 3 aliphatic rings. The maximum absolute atomic E-state index is 12.3. The summed E-state index contributed by atoms with van der Waals surface area (Å²) in [6, 6.07) is 24.5. The minimum atomic E-state index is -4.67. The molecule has 3 aromatic heterocycles. The van der Waals surface area contributed by atoms with Gasteiger partial charge < -0.3 is 33.5 Å². The van der Waals surface area contributed by atoms with Crippen LogP contribution in [0.1, 0.15) is 63.1 Å². The van der Waals surface area contributed by atoms with Gasteiger partial charge in [0.1, 0.15) is 17.5 Å². The average Bonchev–Trinajstić information content (AvgIpc) is 4.19. The summed E-state index contributed by atoms with van der Waals surface area (Å²) in [5.74, 6) is 0.995. The Morgan fingerprint density at radius 3 is 1.26 bits per heavy atom. The van der Waals surface area contributed by atoms with Crippen molar-refractivity contribution in [2.75, 3.05) is 13.2 Å². The molecule has 81 heavy (non-hydrogen) atoms. The van der Waals surface area contributed by atoms with Crippen LogP contribution in [0, 0.1) is 35.0 Å². The maximum Gasteiger partial charge on any atom is 2.00 e. The molecular formula is C53H55BrN12O13SZn. The third-order valence-electron chi connectivity index (χ3n) is 11.7. The maximum atomic E-state index is 12.3. The van der Waals surface area contributed by atoms with Gasteiger partial charge in [0, 0.05) is 109 Å². The summed E-state index contributed by atoms with van der Waals surface area (Å²) < 4.78 is 45.2. The minimum absolute atomic E-state index is 0. The van der Waals surface area contributed by atoms with Gasteiger partial charge in [0.25, 0.3) is 16.7 Å². The minimum Gasteiger partial charge on any atom is -0.512 e. The SMILES string of the molecule is CCO.CCOC(=O)c1cccc(CC2=Nc3c(c(=O)n(C)c(=O)n3C)C2)c1.Cn1c2c(c(=O)n(C)c1=O)CC(Cc1cccc(Br)c1)=N2.Cn1c2c(c(=O)n(C)c1=O)CC(Cc1cccc(C#N)c1)=N2.O=S(=O)(O)O.[C-]#N.[C-]#N.[Zn+2]. The Kier molecular flexibility index (Phi) is 26.6. The van der Waals surface area contributed by atoms with Gasteiger partial charge in [-0.15, -0.1) is 0 Å². The zero-order valence-corrected chi connectivity index (χ0v) is 50.7. The summed E-state index contributed by atoms with van der Waals surface area (Å²) >= 11 is 3.44. The van der Waals surface area contributed by atoms with E-state index in [0.29, 0.717) is 90.4 Å². The number of esters is 1. The number of hydrogen-bond donors (Lipinski definition) is 3. The molecule has 28 heteroatoms. The van der Waals surface area contributed by atoms with Crippen LogP contribution in [0.25, 0.3) is 0 Å². The number of nitrogens with zero attached hydrogens (tertiary/aromatic N) is 12. The summed E-state index contributed by atoms with van der Waals surface area (Å²) in [5, 5.41) is 29.0. The Balaban J connectivity index is 0.000000376. The standard InChI is InChI=1S/C18H19N3O4.C16H14N4O2.C15H14BrN3O2.C2H6O.2CN.H2O4S.Zn/c1-4-25-17(23)12-7-5-6-11(8-12)9-13-10-14-15(19-13)20(2)18(24)21(3)16(14)22;1-19-14-13(15(21)20(2)16(19)22)8-12(18-14)7-10-4-3-5-11(6-10)9-17;1-18-13-12(14(20)19(2)15(18)21)8-11(17-13)7-9-4-3-5-10(16)6-9;1-2-3;2*1-2;1-5(2,3)4;/h5-8H,4,9-10H2,1-3H3;3-6H,7-8H2,1-2H3;3-6H,7-8H2,1-2H3;3H,2H2,1H3;;;(H2,1,2,3,4);/q;;;;2*-1;;+2. The molecule has 0 saturated heterocycles. The van der Waals surface area contributed by atoms with E-state index in [0.717, 1.165) is 52.0 Å². The fourth-order valence-electron chi connectivity index (χ4n) is 8.21. The van der Waals surface area contributed by atoms with Crippen molar-refractivity contribution in [2.24, 2.45) is 57.3 Å². The molecule has 0 atom stereocenters. The molecule has 3 aromatic carbocycles. The first-order chi connectivity index (χ1) is 37.8. The second-order valence-electron chi connectivity index (χ2n) is 17.2. The molecule has 9 rings (SSSR count). The van der Waals surface area contributed by atoms with E-state index in [1.165, 1.54) is 34.8 Å². The number of ether oxygens (including phenoxy) is 1. The molecule has 0 saturated carbocycles. The van der Waals surface area contributed by atoms with Gasteiger partial charge in [-0.25, -0.2) is 34.2 Å². The molecule has 0 bridgehead atoms. The van der Waals surface area contributed by atoms with Crippen LogP contribution in [0.5, 0.6) is 0 Å². The van der Waals surface area contributed by atoms with Crippen LogP contribution in [-0.2, 0) is 115 Å². The predicted octanol–water partition coefficient (Wildman–Crippen LogP) is 3.21. The van der Waals surface area contributed by atoms with Gasteiger partial charge in [-0.05, 0) is 66.9 Å². The van der Waals surface area contributed by atoms with Crippen molar-refractivity contribution in [1.82, 2.24) is 27.4 Å². The van der Waals surface area contributed by atoms with Crippen molar-refractivity contribution >= 4 is 66.9 Å². The zero-order valence-electron chi connectivity index (χ0n) is 45.4. The molecule has 420 valence electrons. The Labute approximate surface area is 485 Å². The van der Waals surface area contributed by atoms with Crippen LogP contribution < -0.4 is 33.7 Å². The topological polar surface area (TPSA) is 362 Å². The van der Waals surface area contributed by atoms with Crippen molar-refractivity contribution in [1.29, 1.82) is 15.8 Å². The summed E-state index contributed by atoms with van der Waals surface area (Å²) in [4.78, 5) is 97.7. The van der Waals surface area contributed by atoms with Gasteiger partial charge in [-0.2, -0.15) is 13.7 Å². The molecule has 0 fully saturated rings.